The number of aliphatic hydroxyl groups excluding tert-OH is 1. The zero-order valence-electron chi connectivity index (χ0n) is 9.88. The molecular formula is C13H18N2O2. The lowest BCUT2D eigenvalue weighted by Crippen LogP contribution is -2.41. The molecule has 1 aliphatic rings. The maximum Gasteiger partial charge on any atom is 0.227 e. The predicted octanol–water partition coefficient (Wildman–Crippen LogP) is 0.855. The first-order valence-electron chi connectivity index (χ1n) is 6.07. The van der Waals surface area contributed by atoms with Crippen molar-refractivity contribution in [3.63, 3.8) is 0 Å². The van der Waals surface area contributed by atoms with Gasteiger partial charge in [0.15, 0.2) is 0 Å². The van der Waals surface area contributed by atoms with Crippen LogP contribution >= 0.6 is 0 Å². The van der Waals surface area contributed by atoms with E-state index >= 15 is 0 Å². The van der Waals surface area contributed by atoms with Gasteiger partial charge in [-0.3, -0.25) is 9.78 Å². The molecular weight excluding hydrogens is 216 g/mol. The second kappa shape index (κ2) is 5.77. The Labute approximate surface area is 101 Å². The molecule has 17 heavy (non-hydrogen) atoms. The zero-order chi connectivity index (χ0) is 12.1. The van der Waals surface area contributed by atoms with Crippen molar-refractivity contribution in [2.75, 3.05) is 19.7 Å². The molecule has 1 aromatic heterocycles. The summed E-state index contributed by atoms with van der Waals surface area (Å²) in [6.45, 7) is 1.68. The lowest BCUT2D eigenvalue weighted by atomic mass is 9.98. The third kappa shape index (κ3) is 3.27. The molecule has 92 valence electrons. The maximum absolute atomic E-state index is 12.0. The molecule has 0 bridgehead atoms. The van der Waals surface area contributed by atoms with E-state index in [-0.39, 0.29) is 18.4 Å². The fourth-order valence-electron chi connectivity index (χ4n) is 2.23. The number of nitrogens with zero attached hydrogens (tertiary/aromatic N) is 2. The smallest absolute Gasteiger partial charge is 0.227 e. The maximum atomic E-state index is 12.0. The second-order valence-electron chi connectivity index (χ2n) is 4.57. The Bertz CT molecular complexity index is 367. The average Bonchev–Trinajstić information content (AvgIpc) is 2.40. The molecule has 0 radical (unpaired) electrons. The fraction of sp³-hybridized carbons (Fsp3) is 0.538. The Morgan fingerprint density at radius 2 is 2.47 bits per heavy atom. The highest BCUT2D eigenvalue weighted by atomic mass is 16.3. The Morgan fingerprint density at radius 3 is 3.18 bits per heavy atom. The second-order valence-corrected chi connectivity index (χ2v) is 4.57. The van der Waals surface area contributed by atoms with Gasteiger partial charge in [0.1, 0.15) is 0 Å². The number of rotatable bonds is 3. The van der Waals surface area contributed by atoms with Crippen LogP contribution in [0.25, 0.3) is 0 Å². The summed E-state index contributed by atoms with van der Waals surface area (Å²) in [6, 6.07) is 3.76. The summed E-state index contributed by atoms with van der Waals surface area (Å²) in [5, 5.41) is 9.13. The minimum Gasteiger partial charge on any atom is -0.396 e. The molecule has 0 spiro atoms. The normalized spacial score (nSPS) is 20.3. The Morgan fingerprint density at radius 1 is 1.59 bits per heavy atom. The van der Waals surface area contributed by atoms with Crippen molar-refractivity contribution < 1.29 is 9.90 Å². The first kappa shape index (κ1) is 12.0. The van der Waals surface area contributed by atoms with Crippen molar-refractivity contribution in [3.05, 3.63) is 30.1 Å². The van der Waals surface area contributed by atoms with Crippen molar-refractivity contribution in [3.8, 4) is 0 Å². The summed E-state index contributed by atoms with van der Waals surface area (Å²) in [5.74, 6) is 0.387. The minimum absolute atomic E-state index is 0.135. The molecule has 0 aromatic carbocycles. The van der Waals surface area contributed by atoms with Crippen LogP contribution in [-0.2, 0) is 11.2 Å². The number of carbonyl (C=O) groups is 1. The van der Waals surface area contributed by atoms with Gasteiger partial charge in [-0.1, -0.05) is 6.07 Å². The van der Waals surface area contributed by atoms with E-state index in [0.29, 0.717) is 13.0 Å². The number of aromatic nitrogens is 1. The van der Waals surface area contributed by atoms with Gasteiger partial charge in [0.25, 0.3) is 0 Å². The molecule has 1 fully saturated rings. The number of hydrogen-bond donors (Lipinski definition) is 1. The summed E-state index contributed by atoms with van der Waals surface area (Å²) >= 11 is 0. The molecule has 0 saturated carbocycles. The van der Waals surface area contributed by atoms with Gasteiger partial charge in [0.05, 0.1) is 6.42 Å². The largest absolute Gasteiger partial charge is 0.396 e. The van der Waals surface area contributed by atoms with Gasteiger partial charge in [-0.05, 0) is 30.4 Å². The fourth-order valence-corrected chi connectivity index (χ4v) is 2.23. The molecule has 1 N–H and O–H groups in total. The number of aliphatic hydroxyl groups is 1. The van der Waals surface area contributed by atoms with Gasteiger partial charge < -0.3 is 10.0 Å². The molecule has 1 saturated heterocycles. The lowest BCUT2D eigenvalue weighted by Gasteiger charge is -2.31. The van der Waals surface area contributed by atoms with Gasteiger partial charge in [0.2, 0.25) is 5.91 Å². The van der Waals surface area contributed by atoms with Crippen LogP contribution in [0.3, 0.4) is 0 Å². The zero-order valence-corrected chi connectivity index (χ0v) is 9.88. The van der Waals surface area contributed by atoms with Gasteiger partial charge >= 0.3 is 0 Å². The number of likely N-dealkylation sites (tertiary alicyclic amines) is 1. The van der Waals surface area contributed by atoms with Gasteiger partial charge in [-0.15, -0.1) is 0 Å². The standard InChI is InChI=1S/C13H18N2O2/c16-10-12-4-2-6-15(9-12)13(17)7-11-3-1-5-14-8-11/h1,3,5,8,12,16H,2,4,6-7,9-10H2/t12-/m0/s1. The highest BCUT2D eigenvalue weighted by molar-refractivity contribution is 5.78. The molecule has 1 aromatic rings. The van der Waals surface area contributed by atoms with Gasteiger partial charge in [-0.2, -0.15) is 0 Å². The highest BCUT2D eigenvalue weighted by Crippen LogP contribution is 2.16. The number of hydrogen-bond acceptors (Lipinski definition) is 3. The van der Waals surface area contributed by atoms with Crippen molar-refractivity contribution >= 4 is 5.91 Å². The molecule has 0 aliphatic carbocycles. The van der Waals surface area contributed by atoms with E-state index in [0.717, 1.165) is 24.9 Å². The number of amides is 1. The van der Waals surface area contributed by atoms with E-state index in [1.165, 1.54) is 0 Å². The number of piperidine rings is 1. The predicted molar refractivity (Wildman–Crippen MR) is 64.3 cm³/mol. The van der Waals surface area contributed by atoms with Crippen LogP contribution in [0.2, 0.25) is 0 Å². The third-order valence-corrected chi connectivity index (χ3v) is 3.21. The Kier molecular flexibility index (Phi) is 4.09. The van der Waals surface area contributed by atoms with Crippen molar-refractivity contribution in [1.82, 2.24) is 9.88 Å². The van der Waals surface area contributed by atoms with Crippen LogP contribution in [0.1, 0.15) is 18.4 Å². The minimum atomic E-state index is 0.135. The lowest BCUT2D eigenvalue weighted by molar-refractivity contribution is -0.132. The SMILES string of the molecule is O=C(Cc1cccnc1)N1CCC[C@H](CO)C1. The number of pyridine rings is 1. The van der Waals surface area contributed by atoms with Crippen LogP contribution < -0.4 is 0 Å². The summed E-state index contributed by atoms with van der Waals surface area (Å²) in [7, 11) is 0. The van der Waals surface area contributed by atoms with E-state index in [9.17, 15) is 4.79 Å². The molecule has 0 unspecified atom stereocenters. The molecule has 1 aliphatic heterocycles. The Hall–Kier alpha value is -1.42. The first-order chi connectivity index (χ1) is 8.29. The molecule has 2 rings (SSSR count). The summed E-state index contributed by atoms with van der Waals surface area (Å²) in [5.41, 5.74) is 0.948. The summed E-state index contributed by atoms with van der Waals surface area (Å²) < 4.78 is 0. The number of carbonyl (C=O) groups excluding carboxylic acids is 1. The van der Waals surface area contributed by atoms with Crippen LogP contribution in [0.5, 0.6) is 0 Å². The van der Waals surface area contributed by atoms with Crippen LogP contribution in [0.15, 0.2) is 24.5 Å². The third-order valence-electron chi connectivity index (χ3n) is 3.21. The van der Waals surface area contributed by atoms with Crippen LogP contribution in [-0.4, -0.2) is 40.6 Å². The van der Waals surface area contributed by atoms with Crippen molar-refractivity contribution in [2.45, 2.75) is 19.3 Å². The first-order valence-corrected chi connectivity index (χ1v) is 6.07. The highest BCUT2D eigenvalue weighted by Gasteiger charge is 2.22. The molecule has 1 amide bonds. The molecule has 4 heteroatoms. The van der Waals surface area contributed by atoms with Crippen molar-refractivity contribution in [1.29, 1.82) is 0 Å². The van der Waals surface area contributed by atoms with E-state index in [1.807, 2.05) is 17.0 Å². The van der Waals surface area contributed by atoms with Crippen molar-refractivity contribution in [2.24, 2.45) is 5.92 Å². The van der Waals surface area contributed by atoms with Gasteiger partial charge in [-0.25, -0.2) is 0 Å². The Balaban J connectivity index is 1.91. The summed E-state index contributed by atoms with van der Waals surface area (Å²) in [6.07, 6.45) is 5.85. The van der Waals surface area contributed by atoms with E-state index in [1.54, 1.807) is 12.4 Å². The molecule has 4 nitrogen and oxygen atoms in total. The van der Waals surface area contributed by atoms with E-state index < -0.39 is 0 Å². The summed E-state index contributed by atoms with van der Waals surface area (Å²) in [4.78, 5) is 17.9. The van der Waals surface area contributed by atoms with Crippen LogP contribution in [0, 0.1) is 5.92 Å². The quantitative estimate of drug-likeness (QED) is 0.843. The van der Waals surface area contributed by atoms with Crippen LogP contribution in [0.4, 0.5) is 0 Å². The van der Waals surface area contributed by atoms with E-state index in [2.05, 4.69) is 4.98 Å². The monoisotopic (exact) mass is 234 g/mol. The topological polar surface area (TPSA) is 53.4 Å². The van der Waals surface area contributed by atoms with Gasteiger partial charge in [0, 0.05) is 32.1 Å². The average molecular weight is 234 g/mol. The molecule has 2 heterocycles. The van der Waals surface area contributed by atoms with E-state index in [4.69, 9.17) is 5.11 Å². The molecule has 1 atom stereocenters.